The summed E-state index contributed by atoms with van der Waals surface area (Å²) in [5, 5.41) is 0.365. The van der Waals surface area contributed by atoms with Crippen LogP contribution in [0.25, 0.3) is 0 Å². The molecule has 0 aliphatic carbocycles. The Morgan fingerprint density at radius 2 is 2.21 bits per heavy atom. The minimum absolute atomic E-state index is 0.0282. The molecule has 14 heavy (non-hydrogen) atoms. The number of hydrogen-bond donors (Lipinski definition) is 1. The summed E-state index contributed by atoms with van der Waals surface area (Å²) in [5.41, 5.74) is 5.62. The standard InChI is InChI=1S/C10H11ClFNO/c1-6-4-7(11)5-8(10(6)12)9(14)2-3-13/h4-5H,2-3,13H2,1H3. The fourth-order valence-electron chi connectivity index (χ4n) is 1.19. The first kappa shape index (κ1) is 11.1. The van der Waals surface area contributed by atoms with E-state index in [2.05, 4.69) is 0 Å². The van der Waals surface area contributed by atoms with E-state index in [1.807, 2.05) is 0 Å². The van der Waals surface area contributed by atoms with Gasteiger partial charge in [-0.15, -0.1) is 0 Å². The summed E-state index contributed by atoms with van der Waals surface area (Å²) in [6.45, 7) is 1.78. The highest BCUT2D eigenvalue weighted by Crippen LogP contribution is 2.20. The van der Waals surface area contributed by atoms with Crippen LogP contribution in [0.5, 0.6) is 0 Å². The second kappa shape index (κ2) is 4.53. The molecule has 0 aromatic heterocycles. The van der Waals surface area contributed by atoms with Gasteiger partial charge in [-0.25, -0.2) is 4.39 Å². The van der Waals surface area contributed by atoms with Crippen LogP contribution in [0.2, 0.25) is 5.02 Å². The van der Waals surface area contributed by atoms with Gasteiger partial charge in [0.05, 0.1) is 5.56 Å². The molecule has 0 saturated heterocycles. The summed E-state index contributed by atoms with van der Waals surface area (Å²) in [4.78, 5) is 11.4. The third-order valence-corrected chi connectivity index (χ3v) is 2.11. The Morgan fingerprint density at radius 3 is 2.79 bits per heavy atom. The van der Waals surface area contributed by atoms with Gasteiger partial charge in [0, 0.05) is 11.4 Å². The smallest absolute Gasteiger partial charge is 0.167 e. The van der Waals surface area contributed by atoms with Crippen molar-refractivity contribution in [3.8, 4) is 0 Å². The van der Waals surface area contributed by atoms with Crippen LogP contribution < -0.4 is 5.73 Å². The first-order valence-corrected chi connectivity index (χ1v) is 4.63. The summed E-state index contributed by atoms with van der Waals surface area (Å²) in [7, 11) is 0. The molecule has 0 amide bonds. The maximum Gasteiger partial charge on any atom is 0.167 e. The van der Waals surface area contributed by atoms with Crippen LogP contribution in [0.4, 0.5) is 4.39 Å². The van der Waals surface area contributed by atoms with Gasteiger partial charge in [-0.05, 0) is 31.2 Å². The number of benzene rings is 1. The molecular formula is C10H11ClFNO. The average Bonchev–Trinajstić information content (AvgIpc) is 2.11. The largest absolute Gasteiger partial charge is 0.330 e. The van der Waals surface area contributed by atoms with Crippen molar-refractivity contribution in [2.75, 3.05) is 6.54 Å². The number of halogens is 2. The van der Waals surface area contributed by atoms with Gasteiger partial charge in [0.15, 0.2) is 5.78 Å². The van der Waals surface area contributed by atoms with E-state index >= 15 is 0 Å². The maximum absolute atomic E-state index is 13.4. The summed E-state index contributed by atoms with van der Waals surface area (Å²) in [6, 6.07) is 2.82. The van der Waals surface area contributed by atoms with Crippen LogP contribution >= 0.6 is 11.6 Å². The normalized spacial score (nSPS) is 10.3. The first-order valence-electron chi connectivity index (χ1n) is 4.25. The summed E-state index contributed by atoms with van der Waals surface area (Å²) < 4.78 is 13.4. The van der Waals surface area contributed by atoms with E-state index in [1.165, 1.54) is 12.1 Å². The van der Waals surface area contributed by atoms with Crippen molar-refractivity contribution in [1.82, 2.24) is 0 Å². The molecule has 0 fully saturated rings. The van der Waals surface area contributed by atoms with Gasteiger partial charge >= 0.3 is 0 Å². The minimum Gasteiger partial charge on any atom is -0.330 e. The lowest BCUT2D eigenvalue weighted by atomic mass is 10.0. The molecule has 0 unspecified atom stereocenters. The van der Waals surface area contributed by atoms with Crippen LogP contribution in [0, 0.1) is 12.7 Å². The molecule has 2 N–H and O–H groups in total. The van der Waals surface area contributed by atoms with Gasteiger partial charge in [0.2, 0.25) is 0 Å². The number of hydrogen-bond acceptors (Lipinski definition) is 2. The number of Topliss-reactive ketones (excluding diaryl/α,β-unsaturated/α-hetero) is 1. The number of ketones is 1. The lowest BCUT2D eigenvalue weighted by molar-refractivity contribution is 0.0981. The molecule has 0 heterocycles. The number of aryl methyl sites for hydroxylation is 1. The fraction of sp³-hybridized carbons (Fsp3) is 0.300. The molecule has 0 bridgehead atoms. The van der Waals surface area contributed by atoms with Crippen molar-refractivity contribution in [2.24, 2.45) is 5.73 Å². The van der Waals surface area contributed by atoms with Crippen LogP contribution in [-0.4, -0.2) is 12.3 Å². The van der Waals surface area contributed by atoms with Crippen molar-refractivity contribution in [3.05, 3.63) is 34.1 Å². The van der Waals surface area contributed by atoms with E-state index in [1.54, 1.807) is 6.92 Å². The zero-order chi connectivity index (χ0) is 10.7. The summed E-state index contributed by atoms with van der Waals surface area (Å²) in [6.07, 6.45) is 0.136. The second-order valence-electron chi connectivity index (χ2n) is 3.05. The van der Waals surface area contributed by atoms with Gasteiger partial charge in [-0.3, -0.25) is 4.79 Å². The Balaban J connectivity index is 3.13. The highest BCUT2D eigenvalue weighted by Gasteiger charge is 2.13. The van der Waals surface area contributed by atoms with Crippen LogP contribution in [0.3, 0.4) is 0 Å². The molecule has 2 nitrogen and oxygen atoms in total. The van der Waals surface area contributed by atoms with Crippen LogP contribution in [0.15, 0.2) is 12.1 Å². The number of nitrogens with two attached hydrogens (primary N) is 1. The Morgan fingerprint density at radius 1 is 1.57 bits per heavy atom. The van der Waals surface area contributed by atoms with Gasteiger partial charge < -0.3 is 5.73 Å². The SMILES string of the molecule is Cc1cc(Cl)cc(C(=O)CCN)c1F. The number of rotatable bonds is 3. The summed E-state index contributed by atoms with van der Waals surface area (Å²) in [5.74, 6) is -0.816. The van der Waals surface area contributed by atoms with Gasteiger partial charge in [0.25, 0.3) is 0 Å². The molecular weight excluding hydrogens is 205 g/mol. The topological polar surface area (TPSA) is 43.1 Å². The lowest BCUT2D eigenvalue weighted by Gasteiger charge is -2.04. The molecule has 4 heteroatoms. The summed E-state index contributed by atoms with van der Waals surface area (Å²) >= 11 is 5.72. The van der Waals surface area contributed by atoms with Crippen LogP contribution in [-0.2, 0) is 0 Å². The van der Waals surface area contributed by atoms with E-state index in [9.17, 15) is 9.18 Å². The van der Waals surface area contributed by atoms with Crippen molar-refractivity contribution < 1.29 is 9.18 Å². The molecule has 0 aliphatic rings. The van der Waals surface area contributed by atoms with Crippen LogP contribution in [0.1, 0.15) is 22.3 Å². The van der Waals surface area contributed by atoms with E-state index in [0.29, 0.717) is 10.6 Å². The van der Waals surface area contributed by atoms with E-state index in [4.69, 9.17) is 17.3 Å². The second-order valence-corrected chi connectivity index (χ2v) is 3.48. The Labute approximate surface area is 86.9 Å². The molecule has 1 aromatic rings. The highest BCUT2D eigenvalue weighted by atomic mass is 35.5. The predicted molar refractivity (Wildman–Crippen MR) is 54.1 cm³/mol. The number of carbonyl (C=O) groups is 1. The zero-order valence-electron chi connectivity index (χ0n) is 7.81. The number of carbonyl (C=O) groups excluding carboxylic acids is 1. The van der Waals surface area contributed by atoms with Gasteiger partial charge in [-0.1, -0.05) is 11.6 Å². The minimum atomic E-state index is -0.507. The molecule has 0 saturated carbocycles. The molecule has 0 aliphatic heterocycles. The van der Waals surface area contributed by atoms with Crippen molar-refractivity contribution >= 4 is 17.4 Å². The van der Waals surface area contributed by atoms with Crippen molar-refractivity contribution in [2.45, 2.75) is 13.3 Å². The zero-order valence-corrected chi connectivity index (χ0v) is 8.57. The molecule has 1 rings (SSSR count). The molecule has 76 valence electrons. The lowest BCUT2D eigenvalue weighted by Crippen LogP contribution is -2.10. The third kappa shape index (κ3) is 2.30. The quantitative estimate of drug-likeness (QED) is 0.787. The maximum atomic E-state index is 13.4. The van der Waals surface area contributed by atoms with Crippen molar-refractivity contribution in [3.63, 3.8) is 0 Å². The van der Waals surface area contributed by atoms with Crippen molar-refractivity contribution in [1.29, 1.82) is 0 Å². The fourth-order valence-corrected chi connectivity index (χ4v) is 1.47. The average molecular weight is 216 g/mol. The molecule has 0 radical (unpaired) electrons. The monoisotopic (exact) mass is 215 g/mol. The van der Waals surface area contributed by atoms with Gasteiger partial charge in [-0.2, -0.15) is 0 Å². The van der Waals surface area contributed by atoms with E-state index in [0.717, 1.165) is 0 Å². The predicted octanol–water partition coefficient (Wildman–Crippen LogP) is 2.32. The van der Waals surface area contributed by atoms with E-state index < -0.39 is 5.82 Å². The Kier molecular flexibility index (Phi) is 3.61. The van der Waals surface area contributed by atoms with Gasteiger partial charge in [0.1, 0.15) is 5.82 Å². The first-order chi connectivity index (χ1) is 6.56. The molecule has 0 spiro atoms. The Hall–Kier alpha value is -0.930. The highest BCUT2D eigenvalue weighted by molar-refractivity contribution is 6.31. The van der Waals surface area contributed by atoms with E-state index in [-0.39, 0.29) is 24.3 Å². The molecule has 1 aromatic carbocycles. The molecule has 0 atom stereocenters. The Bertz CT molecular complexity index is 365. The third-order valence-electron chi connectivity index (χ3n) is 1.89.